The van der Waals surface area contributed by atoms with E-state index in [1.54, 1.807) is 16.2 Å². The quantitative estimate of drug-likeness (QED) is 0.819. The van der Waals surface area contributed by atoms with Crippen LogP contribution in [-0.2, 0) is 9.59 Å². The van der Waals surface area contributed by atoms with Gasteiger partial charge in [-0.1, -0.05) is 18.2 Å². The highest BCUT2D eigenvalue weighted by Gasteiger charge is 2.41. The lowest BCUT2D eigenvalue weighted by atomic mass is 10.1. The molecule has 136 valence electrons. The number of thiophene rings is 1. The fourth-order valence-electron chi connectivity index (χ4n) is 4.18. The standard InChI is InChI=1S/C21H24N2O2S/c1-14-6-3-7-17(15(14)2)23-13-16(12-20(23)24)21(25)22-10-4-8-18(22)19-9-5-11-26-19/h3,5-7,9,11,16,18H,4,8,10,12-13H2,1-2H3/t16-,18-/m0/s1. The average molecular weight is 369 g/mol. The van der Waals surface area contributed by atoms with Crippen molar-refractivity contribution in [3.05, 3.63) is 51.7 Å². The van der Waals surface area contributed by atoms with Gasteiger partial charge in [0.1, 0.15) is 0 Å². The molecule has 2 aliphatic rings. The van der Waals surface area contributed by atoms with Crippen LogP contribution in [0, 0.1) is 19.8 Å². The summed E-state index contributed by atoms with van der Waals surface area (Å²) >= 11 is 1.71. The van der Waals surface area contributed by atoms with Crippen molar-refractivity contribution in [1.29, 1.82) is 0 Å². The Morgan fingerprint density at radius 2 is 2.04 bits per heavy atom. The second kappa shape index (κ2) is 6.88. The summed E-state index contributed by atoms with van der Waals surface area (Å²) in [5.74, 6) is -0.0334. The fourth-order valence-corrected chi connectivity index (χ4v) is 5.05. The molecule has 4 nitrogen and oxygen atoms in total. The van der Waals surface area contributed by atoms with E-state index in [0.717, 1.165) is 30.6 Å². The van der Waals surface area contributed by atoms with E-state index in [2.05, 4.69) is 24.4 Å². The topological polar surface area (TPSA) is 40.6 Å². The Kier molecular flexibility index (Phi) is 4.57. The van der Waals surface area contributed by atoms with E-state index >= 15 is 0 Å². The first-order valence-electron chi connectivity index (χ1n) is 9.26. The van der Waals surface area contributed by atoms with Crippen molar-refractivity contribution in [2.24, 2.45) is 5.92 Å². The van der Waals surface area contributed by atoms with Crippen molar-refractivity contribution in [1.82, 2.24) is 4.90 Å². The zero-order valence-corrected chi connectivity index (χ0v) is 16.1. The Hall–Kier alpha value is -2.14. The van der Waals surface area contributed by atoms with Crippen LogP contribution in [0.2, 0.25) is 0 Å². The molecule has 26 heavy (non-hydrogen) atoms. The molecule has 1 aromatic heterocycles. The molecule has 2 saturated heterocycles. The normalized spacial score (nSPS) is 23.1. The minimum absolute atomic E-state index is 0.0592. The molecule has 2 amide bonds. The molecule has 2 fully saturated rings. The van der Waals surface area contributed by atoms with Crippen molar-refractivity contribution in [3.63, 3.8) is 0 Å². The molecule has 2 atom stereocenters. The number of hydrogen-bond acceptors (Lipinski definition) is 3. The van der Waals surface area contributed by atoms with Crippen LogP contribution in [0.4, 0.5) is 5.69 Å². The molecule has 0 bridgehead atoms. The first-order chi connectivity index (χ1) is 12.6. The summed E-state index contributed by atoms with van der Waals surface area (Å²) in [6.07, 6.45) is 2.38. The van der Waals surface area contributed by atoms with Crippen molar-refractivity contribution in [3.8, 4) is 0 Å². The molecule has 4 rings (SSSR count). The predicted octanol–water partition coefficient (Wildman–Crippen LogP) is 4.08. The minimum atomic E-state index is -0.233. The lowest BCUT2D eigenvalue weighted by Gasteiger charge is -2.27. The zero-order chi connectivity index (χ0) is 18.3. The van der Waals surface area contributed by atoms with Gasteiger partial charge in [0.15, 0.2) is 0 Å². The van der Waals surface area contributed by atoms with Crippen molar-refractivity contribution < 1.29 is 9.59 Å². The molecular formula is C21H24N2O2S. The Morgan fingerprint density at radius 3 is 2.81 bits per heavy atom. The summed E-state index contributed by atoms with van der Waals surface area (Å²) in [5.41, 5.74) is 3.23. The van der Waals surface area contributed by atoms with Crippen molar-refractivity contribution in [2.45, 2.75) is 39.2 Å². The monoisotopic (exact) mass is 368 g/mol. The van der Waals surface area contributed by atoms with Crippen LogP contribution in [0.1, 0.15) is 41.3 Å². The number of amides is 2. The lowest BCUT2D eigenvalue weighted by molar-refractivity contribution is -0.136. The van der Waals surface area contributed by atoms with Crippen molar-refractivity contribution >= 4 is 28.8 Å². The second-order valence-electron chi connectivity index (χ2n) is 7.33. The first-order valence-corrected chi connectivity index (χ1v) is 10.1. The summed E-state index contributed by atoms with van der Waals surface area (Å²) in [6, 6.07) is 10.4. The van der Waals surface area contributed by atoms with Crippen LogP contribution in [0.3, 0.4) is 0 Å². The van der Waals surface area contributed by atoms with Crippen LogP contribution in [0.5, 0.6) is 0 Å². The molecule has 2 aliphatic heterocycles. The SMILES string of the molecule is Cc1cccc(N2C[C@@H](C(=O)N3CCC[C@H]3c3cccs3)CC2=O)c1C. The maximum atomic E-state index is 13.2. The average Bonchev–Trinajstić information content (AvgIpc) is 3.36. The molecule has 0 spiro atoms. The van der Waals surface area contributed by atoms with Crippen LogP contribution in [-0.4, -0.2) is 29.8 Å². The van der Waals surface area contributed by atoms with Crippen LogP contribution in [0.25, 0.3) is 0 Å². The molecule has 0 N–H and O–H groups in total. The molecule has 0 radical (unpaired) electrons. The molecule has 3 heterocycles. The highest BCUT2D eigenvalue weighted by atomic mass is 32.1. The smallest absolute Gasteiger partial charge is 0.228 e. The van der Waals surface area contributed by atoms with E-state index in [9.17, 15) is 9.59 Å². The third-order valence-electron chi connectivity index (χ3n) is 5.75. The third kappa shape index (κ3) is 2.94. The Balaban J connectivity index is 1.53. The third-order valence-corrected chi connectivity index (χ3v) is 6.72. The summed E-state index contributed by atoms with van der Waals surface area (Å²) in [6.45, 7) is 5.39. The molecule has 0 aliphatic carbocycles. The van der Waals surface area contributed by atoms with Crippen LogP contribution >= 0.6 is 11.3 Å². The number of carbonyl (C=O) groups excluding carboxylic acids is 2. The van der Waals surface area contributed by atoms with Gasteiger partial charge in [0.2, 0.25) is 11.8 Å². The van der Waals surface area contributed by atoms with E-state index in [4.69, 9.17) is 0 Å². The van der Waals surface area contributed by atoms with E-state index < -0.39 is 0 Å². The first kappa shape index (κ1) is 17.3. The second-order valence-corrected chi connectivity index (χ2v) is 8.31. The Bertz CT molecular complexity index is 831. The zero-order valence-electron chi connectivity index (χ0n) is 15.3. The van der Waals surface area contributed by atoms with Gasteiger partial charge < -0.3 is 9.80 Å². The van der Waals surface area contributed by atoms with Gasteiger partial charge in [0.25, 0.3) is 0 Å². The van der Waals surface area contributed by atoms with Crippen molar-refractivity contribution in [2.75, 3.05) is 18.0 Å². The minimum Gasteiger partial charge on any atom is -0.335 e. The summed E-state index contributed by atoms with van der Waals surface area (Å²) in [4.78, 5) is 30.9. The number of nitrogens with zero attached hydrogens (tertiary/aromatic N) is 2. The van der Waals surface area contributed by atoms with Gasteiger partial charge in [0.05, 0.1) is 12.0 Å². The number of likely N-dealkylation sites (tertiary alicyclic amines) is 1. The number of anilines is 1. The lowest BCUT2D eigenvalue weighted by Crippen LogP contribution is -2.37. The molecule has 1 aromatic carbocycles. The maximum absolute atomic E-state index is 13.2. The highest BCUT2D eigenvalue weighted by Crippen LogP contribution is 2.37. The largest absolute Gasteiger partial charge is 0.335 e. The summed E-state index contributed by atoms with van der Waals surface area (Å²) < 4.78 is 0. The van der Waals surface area contributed by atoms with Gasteiger partial charge in [-0.05, 0) is 55.3 Å². The molecule has 5 heteroatoms. The number of aryl methyl sites for hydroxylation is 1. The molecule has 2 aromatic rings. The number of benzene rings is 1. The van der Waals surface area contributed by atoms with Gasteiger partial charge in [-0.25, -0.2) is 0 Å². The van der Waals surface area contributed by atoms with Gasteiger partial charge >= 0.3 is 0 Å². The number of carbonyl (C=O) groups is 2. The van der Waals surface area contributed by atoms with E-state index in [0.29, 0.717) is 13.0 Å². The highest BCUT2D eigenvalue weighted by molar-refractivity contribution is 7.10. The Morgan fingerprint density at radius 1 is 1.19 bits per heavy atom. The molecule has 0 unspecified atom stereocenters. The molecular weight excluding hydrogens is 344 g/mol. The van der Waals surface area contributed by atoms with E-state index in [-0.39, 0.29) is 23.8 Å². The fraction of sp³-hybridized carbons (Fsp3) is 0.429. The van der Waals surface area contributed by atoms with Crippen LogP contribution < -0.4 is 4.90 Å². The van der Waals surface area contributed by atoms with Gasteiger partial charge in [-0.2, -0.15) is 0 Å². The number of hydrogen-bond donors (Lipinski definition) is 0. The maximum Gasteiger partial charge on any atom is 0.228 e. The summed E-state index contributed by atoms with van der Waals surface area (Å²) in [7, 11) is 0. The summed E-state index contributed by atoms with van der Waals surface area (Å²) in [5, 5.41) is 2.07. The van der Waals surface area contributed by atoms with Gasteiger partial charge in [-0.15, -0.1) is 11.3 Å². The predicted molar refractivity (Wildman–Crippen MR) is 104 cm³/mol. The molecule has 0 saturated carbocycles. The Labute approximate surface area is 158 Å². The number of rotatable bonds is 3. The van der Waals surface area contributed by atoms with Gasteiger partial charge in [-0.3, -0.25) is 9.59 Å². The van der Waals surface area contributed by atoms with Gasteiger partial charge in [0, 0.05) is 30.1 Å². The van der Waals surface area contributed by atoms with Crippen LogP contribution in [0.15, 0.2) is 35.7 Å². The van der Waals surface area contributed by atoms with E-state index in [1.807, 2.05) is 30.0 Å². The van der Waals surface area contributed by atoms with E-state index in [1.165, 1.54) is 10.4 Å².